The van der Waals surface area contributed by atoms with Crippen LogP contribution in [-0.2, 0) is 4.74 Å². The fraction of sp³-hybridized carbons (Fsp3) is 0.412. The van der Waals surface area contributed by atoms with E-state index < -0.39 is 0 Å². The smallest absolute Gasteiger partial charge is 0.319 e. The summed E-state index contributed by atoms with van der Waals surface area (Å²) in [6.45, 7) is 5.27. The van der Waals surface area contributed by atoms with Crippen molar-refractivity contribution in [3.8, 4) is 41.0 Å². The summed E-state index contributed by atoms with van der Waals surface area (Å²) in [4.78, 5) is 14.8. The first-order chi connectivity index (χ1) is 21.5. The molecule has 0 radical (unpaired) electrons. The Hall–Kier alpha value is -3.81. The van der Waals surface area contributed by atoms with Crippen LogP contribution in [0.4, 0.5) is 5.82 Å². The number of hydrogen-bond acceptors (Lipinski definition) is 9. The summed E-state index contributed by atoms with van der Waals surface area (Å²) in [6, 6.07) is 11.5. The zero-order valence-corrected chi connectivity index (χ0v) is 25.4. The van der Waals surface area contributed by atoms with Gasteiger partial charge in [0.25, 0.3) is 0 Å². The second kappa shape index (κ2) is 10.7. The molecule has 9 nitrogen and oxygen atoms in total. The number of anilines is 1. The van der Waals surface area contributed by atoms with Crippen LogP contribution in [-0.4, -0.2) is 90.7 Å². The number of aromatic nitrogens is 2. The number of halogens is 1. The van der Waals surface area contributed by atoms with E-state index in [4.69, 9.17) is 42.2 Å². The molecule has 0 saturated carbocycles. The molecule has 4 aliphatic heterocycles. The van der Waals surface area contributed by atoms with Crippen molar-refractivity contribution in [3.63, 3.8) is 0 Å². The summed E-state index contributed by atoms with van der Waals surface area (Å²) < 4.78 is 18.7. The van der Waals surface area contributed by atoms with Gasteiger partial charge in [0.15, 0.2) is 5.75 Å². The number of benzene rings is 3. The Kier molecular flexibility index (Phi) is 6.72. The Balaban J connectivity index is 1.30. The van der Waals surface area contributed by atoms with Crippen molar-refractivity contribution >= 4 is 39.1 Å². The van der Waals surface area contributed by atoms with Crippen molar-refractivity contribution in [2.75, 3.05) is 57.9 Å². The molecule has 10 heteroatoms. The third-order valence-electron chi connectivity index (χ3n) is 9.87. The van der Waals surface area contributed by atoms with Crippen molar-refractivity contribution < 1.29 is 19.3 Å². The van der Waals surface area contributed by atoms with Gasteiger partial charge >= 0.3 is 6.01 Å². The van der Waals surface area contributed by atoms with E-state index in [9.17, 15) is 5.11 Å². The molecule has 3 aromatic carbocycles. The number of nitrogens with zero attached hydrogens (tertiary/aromatic N) is 4. The zero-order chi connectivity index (χ0) is 30.0. The molecule has 226 valence electrons. The minimum Gasteiger partial charge on any atom is -0.508 e. The standard InChI is InChI=1S/C34H34ClN5O4/c1-3-20-6-4-7-21-12-23(41)13-25(28(20)21)26-14-27-29-31(30(26)35)43-18-22-16-36-9-11-40(22)32(29)38-33(37-27)44-19-34-8-5-10-39(34)17-24(15-34)42-2/h1,4,6-7,12-14,22,24,36,41H,5,8-11,15-19H2,2H3. The van der Waals surface area contributed by atoms with E-state index in [1.807, 2.05) is 24.3 Å². The number of nitrogens with one attached hydrogen (secondary N) is 1. The first-order valence-corrected chi connectivity index (χ1v) is 15.6. The number of terminal acetylenes is 1. The number of methoxy groups -OCH3 is 1. The van der Waals surface area contributed by atoms with Gasteiger partial charge in [0.1, 0.15) is 24.8 Å². The fourth-order valence-electron chi connectivity index (χ4n) is 7.74. The Bertz CT molecular complexity index is 1840. The summed E-state index contributed by atoms with van der Waals surface area (Å²) in [5, 5.41) is 17.1. The molecule has 3 saturated heterocycles. The lowest BCUT2D eigenvalue weighted by Crippen LogP contribution is -2.53. The molecular weight excluding hydrogens is 578 g/mol. The van der Waals surface area contributed by atoms with Crippen LogP contribution in [0.1, 0.15) is 24.8 Å². The van der Waals surface area contributed by atoms with Crippen LogP contribution in [0.15, 0.2) is 36.4 Å². The Labute approximate surface area is 261 Å². The van der Waals surface area contributed by atoms with Crippen LogP contribution < -0.4 is 19.7 Å². The van der Waals surface area contributed by atoms with Crippen molar-refractivity contribution in [2.24, 2.45) is 0 Å². The molecule has 3 unspecified atom stereocenters. The number of hydrogen-bond donors (Lipinski definition) is 2. The Morgan fingerprint density at radius 1 is 1.20 bits per heavy atom. The molecule has 8 rings (SSSR count). The van der Waals surface area contributed by atoms with Gasteiger partial charge in [-0.15, -0.1) is 6.42 Å². The number of phenols is 1. The first-order valence-electron chi connectivity index (χ1n) is 15.3. The van der Waals surface area contributed by atoms with E-state index in [2.05, 4.69) is 21.0 Å². The van der Waals surface area contributed by atoms with Gasteiger partial charge in [0, 0.05) is 49.8 Å². The summed E-state index contributed by atoms with van der Waals surface area (Å²) in [5.41, 5.74) is 2.68. The van der Waals surface area contributed by atoms with E-state index in [1.165, 1.54) is 0 Å². The molecule has 3 fully saturated rings. The highest BCUT2D eigenvalue weighted by atomic mass is 35.5. The van der Waals surface area contributed by atoms with Crippen LogP contribution in [0, 0.1) is 12.3 Å². The second-order valence-electron chi connectivity index (χ2n) is 12.3. The van der Waals surface area contributed by atoms with Gasteiger partial charge in [-0.2, -0.15) is 9.97 Å². The number of fused-ring (bicyclic) bond motifs is 4. The summed E-state index contributed by atoms with van der Waals surface area (Å²) in [6.07, 6.45) is 9.28. The van der Waals surface area contributed by atoms with Crippen molar-refractivity contribution in [1.82, 2.24) is 20.2 Å². The molecule has 0 amide bonds. The topological polar surface area (TPSA) is 92.2 Å². The number of ether oxygens (including phenoxy) is 3. The van der Waals surface area contributed by atoms with E-state index in [-0.39, 0.29) is 23.4 Å². The maximum Gasteiger partial charge on any atom is 0.319 e. The lowest BCUT2D eigenvalue weighted by atomic mass is 9.93. The summed E-state index contributed by atoms with van der Waals surface area (Å²) in [7, 11) is 1.79. The zero-order valence-electron chi connectivity index (χ0n) is 24.6. The monoisotopic (exact) mass is 611 g/mol. The van der Waals surface area contributed by atoms with Crippen molar-refractivity contribution in [1.29, 1.82) is 0 Å². The average molecular weight is 612 g/mol. The summed E-state index contributed by atoms with van der Waals surface area (Å²) in [5.74, 6) is 4.22. The van der Waals surface area contributed by atoms with Crippen LogP contribution in [0.25, 0.3) is 32.8 Å². The van der Waals surface area contributed by atoms with Gasteiger partial charge in [0.05, 0.1) is 33.6 Å². The molecule has 4 aliphatic rings. The van der Waals surface area contributed by atoms with Crippen molar-refractivity contribution in [3.05, 3.63) is 47.0 Å². The predicted molar refractivity (Wildman–Crippen MR) is 171 cm³/mol. The highest BCUT2D eigenvalue weighted by molar-refractivity contribution is 6.37. The minimum atomic E-state index is -0.0732. The Morgan fingerprint density at radius 2 is 2.11 bits per heavy atom. The molecule has 0 bridgehead atoms. The van der Waals surface area contributed by atoms with E-state index in [1.54, 1.807) is 19.2 Å². The second-order valence-corrected chi connectivity index (χ2v) is 12.7. The maximum absolute atomic E-state index is 10.7. The molecule has 0 spiro atoms. The lowest BCUT2D eigenvalue weighted by molar-refractivity contribution is 0.0997. The third kappa shape index (κ3) is 4.35. The minimum absolute atomic E-state index is 0.0671. The fourth-order valence-corrected chi connectivity index (χ4v) is 8.05. The van der Waals surface area contributed by atoms with Gasteiger partial charge in [-0.05, 0) is 61.0 Å². The quantitative estimate of drug-likeness (QED) is 0.314. The molecule has 5 heterocycles. The molecule has 0 aliphatic carbocycles. The normalized spacial score (nSPS) is 24.5. The maximum atomic E-state index is 10.7. The van der Waals surface area contributed by atoms with Gasteiger partial charge in [0.2, 0.25) is 0 Å². The highest BCUT2D eigenvalue weighted by Crippen LogP contribution is 2.49. The molecular formula is C34H34ClN5O4. The summed E-state index contributed by atoms with van der Waals surface area (Å²) >= 11 is 7.22. The van der Waals surface area contributed by atoms with Gasteiger partial charge in [-0.3, -0.25) is 4.90 Å². The first kappa shape index (κ1) is 27.7. The largest absolute Gasteiger partial charge is 0.508 e. The van der Waals surface area contributed by atoms with Crippen LogP contribution in [0.5, 0.6) is 17.5 Å². The molecule has 3 atom stereocenters. The van der Waals surface area contributed by atoms with Crippen molar-refractivity contribution in [2.45, 2.75) is 36.9 Å². The van der Waals surface area contributed by atoms with Crippen LogP contribution in [0.2, 0.25) is 5.02 Å². The van der Waals surface area contributed by atoms with E-state index >= 15 is 0 Å². The number of aromatic hydroxyl groups is 1. The third-order valence-corrected chi connectivity index (χ3v) is 10.2. The lowest BCUT2D eigenvalue weighted by Gasteiger charge is -2.35. The highest BCUT2D eigenvalue weighted by Gasteiger charge is 2.49. The van der Waals surface area contributed by atoms with E-state index in [0.29, 0.717) is 52.2 Å². The van der Waals surface area contributed by atoms with Crippen LogP contribution in [0.3, 0.4) is 0 Å². The van der Waals surface area contributed by atoms with Gasteiger partial charge in [-0.25, -0.2) is 0 Å². The van der Waals surface area contributed by atoms with Gasteiger partial charge in [-0.1, -0.05) is 29.7 Å². The molecule has 4 aromatic rings. The number of piperazine rings is 1. The SMILES string of the molecule is C#Cc1cccc2cc(O)cc(-c3cc4nc(OCC56CCCN5CC(OC)C6)nc5c4c(c3Cl)OCC3CNCCN53)c12. The predicted octanol–water partition coefficient (Wildman–Crippen LogP) is 4.59. The van der Waals surface area contributed by atoms with Gasteiger partial charge < -0.3 is 29.5 Å². The number of rotatable bonds is 5. The van der Waals surface area contributed by atoms with E-state index in [0.717, 1.165) is 74.0 Å². The molecule has 1 aromatic heterocycles. The molecule has 44 heavy (non-hydrogen) atoms. The van der Waals surface area contributed by atoms with Crippen LogP contribution >= 0.6 is 11.6 Å². The average Bonchev–Trinajstić information content (AvgIpc) is 3.54. The Morgan fingerprint density at radius 3 is 2.98 bits per heavy atom. The molecule has 2 N–H and O–H groups in total. The number of phenolic OH excluding ortho intramolecular Hbond substituents is 1.